The third-order valence-corrected chi connectivity index (χ3v) is 4.30. The van der Waals surface area contributed by atoms with E-state index in [1.54, 1.807) is 12.1 Å². The van der Waals surface area contributed by atoms with Gasteiger partial charge in [0.05, 0.1) is 21.3 Å². The topological polar surface area (TPSA) is 62.2 Å². The summed E-state index contributed by atoms with van der Waals surface area (Å²) in [4.78, 5) is 14.9. The Bertz CT molecular complexity index is 695. The predicted molar refractivity (Wildman–Crippen MR) is 83.7 cm³/mol. The van der Waals surface area contributed by atoms with Crippen molar-refractivity contribution in [3.05, 3.63) is 49.5 Å². The van der Waals surface area contributed by atoms with Crippen LogP contribution in [0.5, 0.6) is 0 Å². The summed E-state index contributed by atoms with van der Waals surface area (Å²) in [5.74, 6) is -0.840. The molecule has 0 aliphatic carbocycles. The normalized spacial score (nSPS) is 10.4. The smallest absolute Gasteiger partial charge is 0.335 e. The van der Waals surface area contributed by atoms with E-state index in [1.165, 1.54) is 12.1 Å². The number of aromatic nitrogens is 1. The summed E-state index contributed by atoms with van der Waals surface area (Å²) in [6.07, 6.45) is 0. The van der Waals surface area contributed by atoms with Crippen molar-refractivity contribution in [2.45, 2.75) is 0 Å². The predicted octanol–water partition coefficient (Wildman–Crippen LogP) is 5.25. The van der Waals surface area contributed by atoms with Crippen molar-refractivity contribution < 1.29 is 9.90 Å². The molecule has 0 spiro atoms. The minimum absolute atomic E-state index is 0.0202. The van der Waals surface area contributed by atoms with Gasteiger partial charge in [-0.25, -0.2) is 9.78 Å². The van der Waals surface area contributed by atoms with Crippen molar-refractivity contribution >= 4 is 68.2 Å². The summed E-state index contributed by atoms with van der Waals surface area (Å²) >= 11 is 21.1. The van der Waals surface area contributed by atoms with E-state index in [4.69, 9.17) is 39.9 Å². The highest BCUT2D eigenvalue weighted by Crippen LogP contribution is 2.37. The molecule has 0 unspecified atom stereocenters. The first kappa shape index (κ1) is 15.4. The summed E-state index contributed by atoms with van der Waals surface area (Å²) in [5.41, 5.74) is 0.512. The maximum Gasteiger partial charge on any atom is 0.335 e. The van der Waals surface area contributed by atoms with Crippen molar-refractivity contribution in [2.24, 2.45) is 0 Å². The van der Waals surface area contributed by atoms with Gasteiger partial charge in [-0.2, -0.15) is 0 Å². The van der Waals surface area contributed by atoms with Crippen LogP contribution in [-0.2, 0) is 0 Å². The Morgan fingerprint density at radius 2 is 1.90 bits per heavy atom. The molecule has 4 nitrogen and oxygen atoms in total. The fraction of sp³-hybridized carbons (Fsp3) is 0. The highest BCUT2D eigenvalue weighted by Gasteiger charge is 2.11. The average Bonchev–Trinajstić information content (AvgIpc) is 2.39. The number of hydrogen-bond acceptors (Lipinski definition) is 3. The molecule has 20 heavy (non-hydrogen) atoms. The van der Waals surface area contributed by atoms with Gasteiger partial charge in [0, 0.05) is 4.47 Å². The van der Waals surface area contributed by atoms with Crippen LogP contribution in [0.1, 0.15) is 10.4 Å². The number of nitrogens with one attached hydrogen (secondary N) is 1. The fourth-order valence-corrected chi connectivity index (χ4v) is 2.47. The number of carboxylic acids is 1. The molecule has 2 N–H and O–H groups in total. The highest BCUT2D eigenvalue weighted by molar-refractivity contribution is 9.10. The maximum atomic E-state index is 11.0. The fourth-order valence-electron chi connectivity index (χ4n) is 1.44. The zero-order valence-electron chi connectivity index (χ0n) is 9.62. The number of aromatic carboxylic acids is 1. The van der Waals surface area contributed by atoms with Gasteiger partial charge in [-0.15, -0.1) is 0 Å². The number of carbonyl (C=O) groups is 1. The van der Waals surface area contributed by atoms with Gasteiger partial charge < -0.3 is 10.4 Å². The first-order valence-electron chi connectivity index (χ1n) is 5.20. The molecule has 0 bridgehead atoms. The molecular weight excluding hydrogens is 390 g/mol. The lowest BCUT2D eigenvalue weighted by molar-refractivity contribution is 0.0697. The molecule has 2 aromatic rings. The second-order valence-electron chi connectivity index (χ2n) is 3.72. The van der Waals surface area contributed by atoms with Gasteiger partial charge in [-0.1, -0.05) is 34.8 Å². The Labute approximate surface area is 137 Å². The van der Waals surface area contributed by atoms with E-state index in [0.29, 0.717) is 20.2 Å². The lowest BCUT2D eigenvalue weighted by Crippen LogP contribution is -2.01. The molecule has 0 radical (unpaired) electrons. The number of pyridine rings is 1. The molecule has 104 valence electrons. The molecule has 1 aromatic carbocycles. The maximum absolute atomic E-state index is 11.0. The molecule has 8 heteroatoms. The molecule has 0 saturated carbocycles. The molecule has 0 aliphatic rings. The van der Waals surface area contributed by atoms with E-state index in [0.717, 1.165) is 0 Å². The van der Waals surface area contributed by atoms with Crippen LogP contribution in [0.2, 0.25) is 15.2 Å². The Balaban J connectivity index is 2.40. The van der Waals surface area contributed by atoms with E-state index in [9.17, 15) is 4.79 Å². The molecule has 0 atom stereocenters. The van der Waals surface area contributed by atoms with Crippen molar-refractivity contribution in [1.82, 2.24) is 4.98 Å². The molecule has 0 amide bonds. The van der Waals surface area contributed by atoms with Crippen LogP contribution in [0.4, 0.5) is 11.5 Å². The SMILES string of the molecule is O=C(O)c1cc(Cl)nc(Nc2ccc(Br)c(Cl)c2Cl)c1. The minimum atomic E-state index is -1.10. The second kappa shape index (κ2) is 6.18. The third-order valence-electron chi connectivity index (χ3n) is 2.34. The molecular formula is C12H6BrCl3N2O2. The number of nitrogens with zero attached hydrogens (tertiary/aromatic N) is 1. The number of carboxylic acid groups (broad SMARTS) is 1. The van der Waals surface area contributed by atoms with Crippen LogP contribution in [0.15, 0.2) is 28.7 Å². The number of rotatable bonds is 3. The van der Waals surface area contributed by atoms with Gasteiger partial charge in [-0.05, 0) is 40.2 Å². The Morgan fingerprint density at radius 1 is 1.20 bits per heavy atom. The summed E-state index contributed by atoms with van der Waals surface area (Å²) in [6.45, 7) is 0. The van der Waals surface area contributed by atoms with E-state index in [1.807, 2.05) is 0 Å². The molecule has 1 heterocycles. The first-order chi connectivity index (χ1) is 9.38. The Morgan fingerprint density at radius 3 is 2.55 bits per heavy atom. The van der Waals surface area contributed by atoms with Crippen molar-refractivity contribution in [3.63, 3.8) is 0 Å². The van der Waals surface area contributed by atoms with E-state index in [2.05, 4.69) is 26.2 Å². The van der Waals surface area contributed by atoms with Gasteiger partial charge >= 0.3 is 5.97 Å². The monoisotopic (exact) mass is 394 g/mol. The second-order valence-corrected chi connectivity index (χ2v) is 5.71. The number of benzene rings is 1. The van der Waals surface area contributed by atoms with Gasteiger partial charge in [0.1, 0.15) is 11.0 Å². The molecule has 0 fully saturated rings. The van der Waals surface area contributed by atoms with Crippen LogP contribution in [0.25, 0.3) is 0 Å². The largest absolute Gasteiger partial charge is 0.478 e. The zero-order chi connectivity index (χ0) is 14.9. The summed E-state index contributed by atoms with van der Waals surface area (Å²) < 4.78 is 0.653. The molecule has 2 rings (SSSR count). The number of hydrogen-bond donors (Lipinski definition) is 2. The van der Waals surface area contributed by atoms with Crippen molar-refractivity contribution in [3.8, 4) is 0 Å². The Hall–Kier alpha value is -1.01. The molecule has 0 aliphatic heterocycles. The lowest BCUT2D eigenvalue weighted by Gasteiger charge is -2.10. The van der Waals surface area contributed by atoms with Gasteiger partial charge in [0.15, 0.2) is 0 Å². The Kier molecular flexibility index (Phi) is 4.75. The lowest BCUT2D eigenvalue weighted by atomic mass is 10.2. The highest BCUT2D eigenvalue weighted by atomic mass is 79.9. The minimum Gasteiger partial charge on any atom is -0.478 e. The number of halogens is 4. The van der Waals surface area contributed by atoms with Crippen LogP contribution in [-0.4, -0.2) is 16.1 Å². The molecule has 0 saturated heterocycles. The summed E-state index contributed by atoms with van der Waals surface area (Å²) in [7, 11) is 0. The van der Waals surface area contributed by atoms with Crippen molar-refractivity contribution in [1.29, 1.82) is 0 Å². The summed E-state index contributed by atoms with van der Waals surface area (Å²) in [6, 6.07) is 5.99. The first-order valence-corrected chi connectivity index (χ1v) is 7.12. The van der Waals surface area contributed by atoms with Crippen LogP contribution < -0.4 is 5.32 Å². The van der Waals surface area contributed by atoms with Gasteiger partial charge in [0.25, 0.3) is 0 Å². The number of anilines is 2. The van der Waals surface area contributed by atoms with E-state index >= 15 is 0 Å². The van der Waals surface area contributed by atoms with Crippen molar-refractivity contribution in [2.75, 3.05) is 5.32 Å². The van der Waals surface area contributed by atoms with Gasteiger partial charge in [0.2, 0.25) is 0 Å². The standard InChI is InChI=1S/C12H6BrCl3N2O2/c13-6-1-2-7(11(16)10(6)15)17-9-4-5(12(19)20)3-8(14)18-9/h1-4H,(H,17,18)(H,19,20). The molecule has 1 aromatic heterocycles. The zero-order valence-corrected chi connectivity index (χ0v) is 13.5. The van der Waals surface area contributed by atoms with Crippen LogP contribution >= 0.6 is 50.7 Å². The van der Waals surface area contributed by atoms with Crippen LogP contribution in [0, 0.1) is 0 Å². The average molecular weight is 396 g/mol. The summed E-state index contributed by atoms with van der Waals surface area (Å²) in [5, 5.41) is 12.5. The van der Waals surface area contributed by atoms with E-state index in [-0.39, 0.29) is 16.5 Å². The third kappa shape index (κ3) is 3.35. The van der Waals surface area contributed by atoms with Gasteiger partial charge in [-0.3, -0.25) is 0 Å². The quantitative estimate of drug-likeness (QED) is 0.550. The van der Waals surface area contributed by atoms with E-state index < -0.39 is 5.97 Å². The van der Waals surface area contributed by atoms with Crippen LogP contribution in [0.3, 0.4) is 0 Å².